The molecule has 0 aliphatic heterocycles. The van der Waals surface area contributed by atoms with E-state index in [2.05, 4.69) is 5.32 Å². The van der Waals surface area contributed by atoms with Crippen molar-refractivity contribution >= 4 is 23.2 Å². The Morgan fingerprint density at radius 2 is 1.76 bits per heavy atom. The SMILES string of the molecule is CNC(CCC(F)(F)F)c1c(Cl)cccc1Cl. The van der Waals surface area contributed by atoms with E-state index in [-0.39, 0.29) is 6.42 Å². The average Bonchev–Trinajstić information content (AvgIpc) is 2.21. The van der Waals surface area contributed by atoms with E-state index in [1.807, 2.05) is 0 Å². The Morgan fingerprint density at radius 3 is 2.18 bits per heavy atom. The molecule has 1 nitrogen and oxygen atoms in total. The van der Waals surface area contributed by atoms with Crippen LogP contribution in [0.25, 0.3) is 0 Å². The van der Waals surface area contributed by atoms with Gasteiger partial charge in [-0.1, -0.05) is 29.3 Å². The van der Waals surface area contributed by atoms with Gasteiger partial charge in [0, 0.05) is 28.1 Å². The third-order valence-electron chi connectivity index (χ3n) is 2.41. The van der Waals surface area contributed by atoms with Crippen molar-refractivity contribution in [3.63, 3.8) is 0 Å². The highest BCUT2D eigenvalue weighted by Crippen LogP contribution is 2.34. The summed E-state index contributed by atoms with van der Waals surface area (Å²) in [4.78, 5) is 0. The van der Waals surface area contributed by atoms with E-state index in [1.54, 1.807) is 25.2 Å². The molecule has 0 aliphatic carbocycles. The number of benzene rings is 1. The van der Waals surface area contributed by atoms with Crippen LogP contribution in [-0.4, -0.2) is 13.2 Å². The van der Waals surface area contributed by atoms with Crippen LogP contribution in [0.1, 0.15) is 24.4 Å². The summed E-state index contributed by atoms with van der Waals surface area (Å²) in [6.07, 6.45) is -5.15. The predicted molar refractivity (Wildman–Crippen MR) is 63.6 cm³/mol. The molecule has 0 heterocycles. The molecule has 0 radical (unpaired) electrons. The molecule has 6 heteroatoms. The molecule has 0 spiro atoms. The number of halogens is 5. The fraction of sp³-hybridized carbons (Fsp3) is 0.455. The summed E-state index contributed by atoms with van der Waals surface area (Å²) >= 11 is 11.9. The molecule has 1 atom stereocenters. The standard InChI is InChI=1S/C11H12Cl2F3N/c1-17-9(5-6-11(14,15)16)10-7(12)3-2-4-8(10)13/h2-4,9,17H,5-6H2,1H3. The van der Waals surface area contributed by atoms with Crippen molar-refractivity contribution < 1.29 is 13.2 Å². The van der Waals surface area contributed by atoms with Gasteiger partial charge in [0.15, 0.2) is 0 Å². The van der Waals surface area contributed by atoms with Gasteiger partial charge in [0.25, 0.3) is 0 Å². The van der Waals surface area contributed by atoms with Crippen LogP contribution in [0.15, 0.2) is 18.2 Å². The van der Waals surface area contributed by atoms with Crippen molar-refractivity contribution in [2.24, 2.45) is 0 Å². The van der Waals surface area contributed by atoms with Gasteiger partial charge < -0.3 is 5.32 Å². The number of hydrogen-bond acceptors (Lipinski definition) is 1. The van der Waals surface area contributed by atoms with Crippen molar-refractivity contribution in [1.29, 1.82) is 0 Å². The number of nitrogens with one attached hydrogen (secondary N) is 1. The molecule has 0 aliphatic rings. The first kappa shape index (κ1) is 14.6. The second-order valence-electron chi connectivity index (χ2n) is 3.63. The number of rotatable bonds is 4. The molecule has 96 valence electrons. The lowest BCUT2D eigenvalue weighted by Crippen LogP contribution is -2.20. The lowest BCUT2D eigenvalue weighted by atomic mass is 10.0. The van der Waals surface area contributed by atoms with Gasteiger partial charge in [-0.05, 0) is 25.6 Å². The lowest BCUT2D eigenvalue weighted by Gasteiger charge is -2.20. The maximum atomic E-state index is 12.2. The van der Waals surface area contributed by atoms with Crippen molar-refractivity contribution in [2.45, 2.75) is 25.1 Å². The van der Waals surface area contributed by atoms with Crippen molar-refractivity contribution in [3.8, 4) is 0 Å². The van der Waals surface area contributed by atoms with E-state index in [1.165, 1.54) is 0 Å². The van der Waals surface area contributed by atoms with Gasteiger partial charge in [-0.3, -0.25) is 0 Å². The fourth-order valence-electron chi connectivity index (χ4n) is 1.58. The van der Waals surface area contributed by atoms with Crippen molar-refractivity contribution in [3.05, 3.63) is 33.8 Å². The minimum Gasteiger partial charge on any atom is -0.313 e. The molecule has 0 bridgehead atoms. The third-order valence-corrected chi connectivity index (χ3v) is 3.07. The van der Waals surface area contributed by atoms with E-state index in [9.17, 15) is 13.2 Å². The lowest BCUT2D eigenvalue weighted by molar-refractivity contribution is -0.136. The highest BCUT2D eigenvalue weighted by Gasteiger charge is 2.29. The Hall–Kier alpha value is -0.450. The highest BCUT2D eigenvalue weighted by atomic mass is 35.5. The summed E-state index contributed by atoms with van der Waals surface area (Å²) in [5, 5.41) is 3.55. The largest absolute Gasteiger partial charge is 0.389 e. The average molecular weight is 286 g/mol. The van der Waals surface area contributed by atoms with Gasteiger partial charge in [-0.25, -0.2) is 0 Å². The Labute approximate surface area is 108 Å². The topological polar surface area (TPSA) is 12.0 Å². The van der Waals surface area contributed by atoms with Gasteiger partial charge in [0.1, 0.15) is 0 Å². The summed E-state index contributed by atoms with van der Waals surface area (Å²) in [6.45, 7) is 0. The molecule has 0 saturated carbocycles. The molecule has 0 saturated heterocycles. The highest BCUT2D eigenvalue weighted by molar-refractivity contribution is 6.36. The van der Waals surface area contributed by atoms with Gasteiger partial charge in [0.2, 0.25) is 0 Å². The molecule has 1 aromatic rings. The van der Waals surface area contributed by atoms with Crippen LogP contribution < -0.4 is 5.32 Å². The molecule has 0 fully saturated rings. The molecular formula is C11H12Cl2F3N. The second-order valence-corrected chi connectivity index (χ2v) is 4.44. The molecule has 1 unspecified atom stereocenters. The van der Waals surface area contributed by atoms with Crippen LogP contribution in [-0.2, 0) is 0 Å². The van der Waals surface area contributed by atoms with Gasteiger partial charge in [0.05, 0.1) is 0 Å². The van der Waals surface area contributed by atoms with Crippen molar-refractivity contribution in [1.82, 2.24) is 5.32 Å². The maximum Gasteiger partial charge on any atom is 0.389 e. The van der Waals surface area contributed by atoms with Gasteiger partial charge in [-0.15, -0.1) is 0 Å². The van der Waals surface area contributed by atoms with Gasteiger partial charge in [-0.2, -0.15) is 13.2 Å². The van der Waals surface area contributed by atoms with Crippen LogP contribution >= 0.6 is 23.2 Å². The zero-order chi connectivity index (χ0) is 13.1. The number of alkyl halides is 3. The molecule has 1 N–H and O–H groups in total. The minimum absolute atomic E-state index is 0.0938. The zero-order valence-corrected chi connectivity index (χ0v) is 10.6. The van der Waals surface area contributed by atoms with Gasteiger partial charge >= 0.3 is 6.18 Å². The zero-order valence-electron chi connectivity index (χ0n) is 9.11. The monoisotopic (exact) mass is 285 g/mol. The Morgan fingerprint density at radius 1 is 1.24 bits per heavy atom. The first-order valence-corrected chi connectivity index (χ1v) is 5.78. The molecule has 0 amide bonds. The van der Waals surface area contributed by atoms with Crippen molar-refractivity contribution in [2.75, 3.05) is 7.05 Å². The Kier molecular flexibility index (Phi) is 5.10. The molecular weight excluding hydrogens is 274 g/mol. The molecule has 1 rings (SSSR count). The second kappa shape index (κ2) is 5.94. The van der Waals surface area contributed by atoms with E-state index < -0.39 is 18.6 Å². The summed E-state index contributed by atoms with van der Waals surface area (Å²) in [6, 6.07) is 4.38. The van der Waals surface area contributed by atoms with Crippen LogP contribution in [0.4, 0.5) is 13.2 Å². The van der Waals surface area contributed by atoms with Crippen LogP contribution in [0.2, 0.25) is 10.0 Å². The summed E-state index contributed by atoms with van der Waals surface area (Å²) in [5.74, 6) is 0. The maximum absolute atomic E-state index is 12.2. The first-order chi connectivity index (χ1) is 7.85. The van der Waals surface area contributed by atoms with E-state index in [4.69, 9.17) is 23.2 Å². The number of hydrogen-bond donors (Lipinski definition) is 1. The quantitative estimate of drug-likeness (QED) is 0.853. The fourth-order valence-corrected chi connectivity index (χ4v) is 2.25. The predicted octanol–water partition coefficient (Wildman–Crippen LogP) is 4.60. The third kappa shape index (κ3) is 4.37. The summed E-state index contributed by atoms with van der Waals surface area (Å²) in [7, 11) is 1.58. The summed E-state index contributed by atoms with van der Waals surface area (Å²) < 4.78 is 36.5. The normalized spacial score (nSPS) is 13.8. The molecule has 0 aromatic heterocycles. The molecule has 1 aromatic carbocycles. The van der Waals surface area contributed by atoms with Crippen LogP contribution in [0, 0.1) is 0 Å². The van der Waals surface area contributed by atoms with Crippen LogP contribution in [0.3, 0.4) is 0 Å². The minimum atomic E-state index is -4.18. The van der Waals surface area contributed by atoms with E-state index in [0.717, 1.165) is 0 Å². The van der Waals surface area contributed by atoms with E-state index >= 15 is 0 Å². The van der Waals surface area contributed by atoms with Crippen LogP contribution in [0.5, 0.6) is 0 Å². The molecule has 17 heavy (non-hydrogen) atoms. The Balaban J connectivity index is 2.87. The van der Waals surface area contributed by atoms with E-state index in [0.29, 0.717) is 15.6 Å². The first-order valence-electron chi connectivity index (χ1n) is 5.03. The smallest absolute Gasteiger partial charge is 0.313 e. The summed E-state index contributed by atoms with van der Waals surface area (Å²) in [5.41, 5.74) is 0.516. The Bertz CT molecular complexity index is 359.